The summed E-state index contributed by atoms with van der Waals surface area (Å²) >= 11 is 0. The number of aryl methyl sites for hydroxylation is 1. The van der Waals surface area contributed by atoms with E-state index in [-0.39, 0.29) is 22.9 Å². The number of aromatic nitrogens is 4. The van der Waals surface area contributed by atoms with E-state index in [1.54, 1.807) is 32.0 Å². The molecule has 0 saturated heterocycles. The first-order chi connectivity index (χ1) is 16.4. The van der Waals surface area contributed by atoms with Crippen LogP contribution in [0.1, 0.15) is 21.6 Å². The highest BCUT2D eigenvalue weighted by Gasteiger charge is 2.21. The number of carbonyl (C=O) groups is 1. The summed E-state index contributed by atoms with van der Waals surface area (Å²) in [5.41, 5.74) is 1.41. The highest BCUT2D eigenvalue weighted by atomic mass is 16.5. The maximum atomic E-state index is 13.2. The third-order valence-electron chi connectivity index (χ3n) is 5.23. The predicted molar refractivity (Wildman–Crippen MR) is 123 cm³/mol. The molecule has 2 N–H and O–H groups in total. The van der Waals surface area contributed by atoms with Gasteiger partial charge in [0.1, 0.15) is 11.5 Å². The minimum atomic E-state index is -0.474. The molecule has 11 heteroatoms. The molecule has 0 bridgehead atoms. The Morgan fingerprint density at radius 3 is 2.35 bits per heavy atom. The van der Waals surface area contributed by atoms with E-state index in [2.05, 4.69) is 20.4 Å². The Labute approximate surface area is 194 Å². The van der Waals surface area contributed by atoms with Gasteiger partial charge in [-0.25, -0.2) is 4.98 Å². The molecule has 34 heavy (non-hydrogen) atoms. The number of amides is 1. The molecule has 0 aliphatic carbocycles. The van der Waals surface area contributed by atoms with Gasteiger partial charge in [0.2, 0.25) is 11.7 Å². The zero-order valence-electron chi connectivity index (χ0n) is 19.3. The second-order valence-corrected chi connectivity index (χ2v) is 7.27. The Morgan fingerprint density at radius 2 is 1.79 bits per heavy atom. The standard InChI is InChI=1S/C23H23N5O6/c1-12-13(2)24-23(26-21(12)29)28-19(11-15(27-28)16-7-6-8-34-16)25-22(30)14-9-17(31-3)20(33-5)18(10-14)32-4/h6-11H,1-5H3,(H,25,30)(H,24,26,29). The first-order valence-corrected chi connectivity index (χ1v) is 10.2. The fraction of sp³-hybridized carbons (Fsp3) is 0.217. The summed E-state index contributed by atoms with van der Waals surface area (Å²) in [5, 5.41) is 7.29. The molecule has 0 unspecified atom stereocenters. The van der Waals surface area contributed by atoms with Gasteiger partial charge in [-0.05, 0) is 38.1 Å². The summed E-state index contributed by atoms with van der Waals surface area (Å²) in [6.07, 6.45) is 1.51. The molecule has 1 aromatic carbocycles. The molecule has 4 aromatic rings. The van der Waals surface area contributed by atoms with Crippen LogP contribution in [0.25, 0.3) is 17.4 Å². The maximum Gasteiger partial charge on any atom is 0.257 e. The van der Waals surface area contributed by atoms with Crippen LogP contribution in [-0.4, -0.2) is 47.0 Å². The smallest absolute Gasteiger partial charge is 0.257 e. The van der Waals surface area contributed by atoms with Gasteiger partial charge in [-0.3, -0.25) is 14.6 Å². The van der Waals surface area contributed by atoms with E-state index in [4.69, 9.17) is 18.6 Å². The number of methoxy groups -OCH3 is 3. The van der Waals surface area contributed by atoms with E-state index in [9.17, 15) is 9.59 Å². The normalized spacial score (nSPS) is 10.7. The van der Waals surface area contributed by atoms with Gasteiger partial charge >= 0.3 is 0 Å². The van der Waals surface area contributed by atoms with Crippen molar-refractivity contribution >= 4 is 11.7 Å². The van der Waals surface area contributed by atoms with E-state index >= 15 is 0 Å². The minimum Gasteiger partial charge on any atom is -0.493 e. The Balaban J connectivity index is 1.79. The van der Waals surface area contributed by atoms with Crippen LogP contribution in [0.2, 0.25) is 0 Å². The highest BCUT2D eigenvalue weighted by molar-refractivity contribution is 6.05. The second kappa shape index (κ2) is 9.14. The summed E-state index contributed by atoms with van der Waals surface area (Å²) in [6, 6.07) is 8.12. The predicted octanol–water partition coefficient (Wildman–Crippen LogP) is 3.11. The summed E-state index contributed by atoms with van der Waals surface area (Å²) in [7, 11) is 4.41. The second-order valence-electron chi connectivity index (χ2n) is 7.27. The van der Waals surface area contributed by atoms with Crippen LogP contribution in [-0.2, 0) is 0 Å². The molecule has 0 spiro atoms. The lowest BCUT2D eigenvalue weighted by atomic mass is 10.1. The number of anilines is 1. The van der Waals surface area contributed by atoms with Crippen molar-refractivity contribution in [3.8, 4) is 34.7 Å². The van der Waals surface area contributed by atoms with Crippen LogP contribution >= 0.6 is 0 Å². The SMILES string of the molecule is COc1cc(C(=O)Nc2cc(-c3ccco3)nn2-c2nc(C)c(C)c(=O)[nH]2)cc(OC)c1OC. The molecule has 0 fully saturated rings. The lowest BCUT2D eigenvalue weighted by molar-refractivity contribution is 0.102. The molecule has 11 nitrogen and oxygen atoms in total. The number of carbonyl (C=O) groups excluding carboxylic acids is 1. The largest absolute Gasteiger partial charge is 0.493 e. The lowest BCUT2D eigenvalue weighted by Gasteiger charge is -2.14. The number of nitrogens with zero attached hydrogens (tertiary/aromatic N) is 3. The first-order valence-electron chi connectivity index (χ1n) is 10.2. The number of H-pyrrole nitrogens is 1. The van der Waals surface area contributed by atoms with E-state index in [1.807, 2.05) is 0 Å². The third kappa shape index (κ3) is 4.10. The van der Waals surface area contributed by atoms with Crippen LogP contribution < -0.4 is 25.1 Å². The Kier molecular flexibility index (Phi) is 6.09. The van der Waals surface area contributed by atoms with Crippen molar-refractivity contribution in [2.24, 2.45) is 0 Å². The van der Waals surface area contributed by atoms with Gasteiger partial charge in [0.05, 0.1) is 27.6 Å². The summed E-state index contributed by atoms with van der Waals surface area (Å²) in [5.74, 6) is 1.44. The molecule has 0 radical (unpaired) electrons. The van der Waals surface area contributed by atoms with Crippen molar-refractivity contribution in [1.82, 2.24) is 19.7 Å². The van der Waals surface area contributed by atoms with Crippen molar-refractivity contribution in [3.05, 3.63) is 63.8 Å². The topological polar surface area (TPSA) is 134 Å². The number of rotatable bonds is 7. The Bertz CT molecular complexity index is 1380. The summed E-state index contributed by atoms with van der Waals surface area (Å²) in [6.45, 7) is 3.40. The van der Waals surface area contributed by atoms with Crippen molar-refractivity contribution in [2.75, 3.05) is 26.6 Å². The molecule has 1 amide bonds. The number of benzene rings is 1. The fourth-order valence-electron chi connectivity index (χ4n) is 3.31. The monoisotopic (exact) mass is 465 g/mol. The molecule has 4 rings (SSSR count). The van der Waals surface area contributed by atoms with Gasteiger partial charge in [-0.2, -0.15) is 9.78 Å². The third-order valence-corrected chi connectivity index (χ3v) is 5.23. The molecule has 0 atom stereocenters. The molecule has 176 valence electrons. The fourth-order valence-corrected chi connectivity index (χ4v) is 3.31. The van der Waals surface area contributed by atoms with Crippen molar-refractivity contribution in [1.29, 1.82) is 0 Å². The van der Waals surface area contributed by atoms with Crippen LogP contribution in [0.4, 0.5) is 5.82 Å². The van der Waals surface area contributed by atoms with Crippen LogP contribution in [0.5, 0.6) is 17.2 Å². The lowest BCUT2D eigenvalue weighted by Crippen LogP contribution is -2.21. The van der Waals surface area contributed by atoms with Gasteiger partial charge < -0.3 is 23.9 Å². The van der Waals surface area contributed by atoms with Gasteiger partial charge in [-0.1, -0.05) is 0 Å². The van der Waals surface area contributed by atoms with Gasteiger partial charge in [0.15, 0.2) is 17.3 Å². The average molecular weight is 465 g/mol. The van der Waals surface area contributed by atoms with Gasteiger partial charge in [0.25, 0.3) is 11.5 Å². The Morgan fingerprint density at radius 1 is 1.09 bits per heavy atom. The molecule has 0 aliphatic heterocycles. The number of ether oxygens (including phenoxy) is 3. The van der Waals surface area contributed by atoms with Crippen LogP contribution in [0.3, 0.4) is 0 Å². The number of hydrogen-bond acceptors (Lipinski definition) is 8. The summed E-state index contributed by atoms with van der Waals surface area (Å²) in [4.78, 5) is 32.7. The molecule has 3 aromatic heterocycles. The number of aromatic amines is 1. The van der Waals surface area contributed by atoms with Crippen LogP contribution in [0, 0.1) is 13.8 Å². The van der Waals surface area contributed by atoms with E-state index in [1.165, 1.54) is 44.4 Å². The maximum absolute atomic E-state index is 13.2. The highest BCUT2D eigenvalue weighted by Crippen LogP contribution is 2.38. The molecular formula is C23H23N5O6. The van der Waals surface area contributed by atoms with Gasteiger partial charge in [-0.15, -0.1) is 0 Å². The van der Waals surface area contributed by atoms with Crippen molar-refractivity contribution < 1.29 is 23.4 Å². The number of hydrogen-bond donors (Lipinski definition) is 2. The van der Waals surface area contributed by atoms with E-state index < -0.39 is 5.91 Å². The minimum absolute atomic E-state index is 0.145. The van der Waals surface area contributed by atoms with E-state index in [0.717, 1.165) is 0 Å². The average Bonchev–Trinajstić information content (AvgIpc) is 3.51. The number of nitrogens with one attached hydrogen (secondary N) is 2. The zero-order valence-corrected chi connectivity index (χ0v) is 19.3. The zero-order chi connectivity index (χ0) is 24.4. The van der Waals surface area contributed by atoms with Gasteiger partial charge in [0, 0.05) is 22.9 Å². The van der Waals surface area contributed by atoms with Crippen LogP contribution in [0.15, 0.2) is 45.8 Å². The van der Waals surface area contributed by atoms with Crippen molar-refractivity contribution in [2.45, 2.75) is 13.8 Å². The molecule has 3 heterocycles. The molecule has 0 saturated carbocycles. The van der Waals surface area contributed by atoms with E-state index in [0.29, 0.717) is 40.0 Å². The number of furan rings is 1. The first kappa shape index (κ1) is 22.6. The summed E-state index contributed by atoms with van der Waals surface area (Å²) < 4.78 is 22.8. The molecule has 0 aliphatic rings. The quantitative estimate of drug-likeness (QED) is 0.425. The van der Waals surface area contributed by atoms with Crippen molar-refractivity contribution in [3.63, 3.8) is 0 Å². The Hall–Kier alpha value is -4.54. The molecular weight excluding hydrogens is 442 g/mol.